The Labute approximate surface area is 267 Å². The van der Waals surface area contributed by atoms with Crippen molar-refractivity contribution in [3.8, 4) is 0 Å². The molecular formula is C36H44Cl2P2Pd+2. The summed E-state index contributed by atoms with van der Waals surface area (Å²) in [4.78, 5) is 0. The first-order chi connectivity index (χ1) is 20.3. The minimum absolute atomic E-state index is 0.106. The molecule has 0 nitrogen and oxygen atoms in total. The summed E-state index contributed by atoms with van der Waals surface area (Å²) in [7, 11) is 8.43. The van der Waals surface area contributed by atoms with Crippen LogP contribution in [0.25, 0.3) is 0 Å². The summed E-state index contributed by atoms with van der Waals surface area (Å²) in [5.41, 5.74) is 1.84. The van der Waals surface area contributed by atoms with E-state index in [1.165, 1.54) is 64.2 Å². The van der Waals surface area contributed by atoms with E-state index >= 15 is 0 Å². The van der Waals surface area contributed by atoms with Crippen LogP contribution in [0.5, 0.6) is 0 Å². The van der Waals surface area contributed by atoms with E-state index in [4.69, 9.17) is 19.1 Å². The van der Waals surface area contributed by atoms with E-state index in [0.717, 1.165) is 11.3 Å². The summed E-state index contributed by atoms with van der Waals surface area (Å²) >= 11 is -0.106. The van der Waals surface area contributed by atoms with Crippen molar-refractivity contribution in [3.63, 3.8) is 0 Å². The standard InChI is InChI=1S/2C18H21P.2ClH.Pd/c2*1-4-10-16(11-5-1)19(17-12-6-2-7-13-17)18-14-8-3-9-15-18;;;/h2*1-2,4-7,10-13,18H,3,8-9,14-15H2;2*1H;/q;;;;+2. The Morgan fingerprint density at radius 1 is 0.390 bits per heavy atom. The molecule has 5 heteroatoms. The van der Waals surface area contributed by atoms with Crippen molar-refractivity contribution in [1.82, 2.24) is 0 Å². The van der Waals surface area contributed by atoms with Crippen LogP contribution in [0.2, 0.25) is 0 Å². The largest absolute Gasteiger partial charge is 0.0969 e. The van der Waals surface area contributed by atoms with Crippen LogP contribution in [0.15, 0.2) is 121 Å². The van der Waals surface area contributed by atoms with Crippen molar-refractivity contribution < 1.29 is 15.9 Å². The molecule has 2 saturated carbocycles. The van der Waals surface area contributed by atoms with Gasteiger partial charge < -0.3 is 0 Å². The maximum Gasteiger partial charge on any atom is 0.0969 e. The Morgan fingerprint density at radius 3 is 0.829 bits per heavy atom. The molecule has 41 heavy (non-hydrogen) atoms. The van der Waals surface area contributed by atoms with E-state index in [-0.39, 0.29) is 15.9 Å². The molecule has 4 aromatic carbocycles. The summed E-state index contributed by atoms with van der Waals surface area (Å²) in [6.45, 7) is 0. The van der Waals surface area contributed by atoms with Gasteiger partial charge in [-0.2, -0.15) is 0 Å². The molecule has 220 valence electrons. The Kier molecular flexibility index (Phi) is 15.5. The summed E-state index contributed by atoms with van der Waals surface area (Å²) < 4.78 is 0. The number of rotatable bonds is 6. The summed E-state index contributed by atoms with van der Waals surface area (Å²) in [6, 6.07) is 44.9. The van der Waals surface area contributed by atoms with Gasteiger partial charge in [-0.15, -0.1) is 0 Å². The van der Waals surface area contributed by atoms with E-state index in [0.29, 0.717) is 0 Å². The predicted octanol–water partition coefficient (Wildman–Crippen LogP) is 9.75. The third-order valence-electron chi connectivity index (χ3n) is 8.37. The van der Waals surface area contributed by atoms with Gasteiger partial charge in [-0.25, -0.2) is 0 Å². The molecule has 0 bridgehead atoms. The first kappa shape index (κ1) is 32.9. The fourth-order valence-corrected chi connectivity index (χ4v) is 13.3. The molecule has 0 aromatic heterocycles. The second kappa shape index (κ2) is 19.3. The van der Waals surface area contributed by atoms with Crippen LogP contribution >= 0.6 is 34.9 Å². The van der Waals surface area contributed by atoms with Gasteiger partial charge in [0, 0.05) is 0 Å². The normalized spacial score (nSPS) is 16.0. The van der Waals surface area contributed by atoms with E-state index in [9.17, 15) is 0 Å². The number of halogens is 2. The summed E-state index contributed by atoms with van der Waals surface area (Å²) in [5.74, 6) is 0. The Morgan fingerprint density at radius 2 is 0.610 bits per heavy atom. The van der Waals surface area contributed by atoms with Crippen LogP contribution in [-0.2, 0) is 15.9 Å². The van der Waals surface area contributed by atoms with Crippen LogP contribution in [0.4, 0.5) is 0 Å². The van der Waals surface area contributed by atoms with Gasteiger partial charge in [-0.3, -0.25) is 0 Å². The first-order valence-electron chi connectivity index (χ1n) is 15.1. The van der Waals surface area contributed by atoms with E-state index in [1.807, 2.05) is 0 Å². The molecule has 6 rings (SSSR count). The molecule has 0 saturated heterocycles. The van der Waals surface area contributed by atoms with E-state index in [2.05, 4.69) is 121 Å². The first-order valence-corrected chi connectivity index (χ1v) is 22.3. The molecule has 0 spiro atoms. The molecule has 2 aliphatic rings. The van der Waals surface area contributed by atoms with Crippen molar-refractivity contribution >= 4 is 56.1 Å². The van der Waals surface area contributed by atoms with Crippen LogP contribution in [0, 0.1) is 0 Å². The maximum absolute atomic E-state index is 4.81. The van der Waals surface area contributed by atoms with Crippen LogP contribution in [0.3, 0.4) is 0 Å². The van der Waals surface area contributed by atoms with Crippen LogP contribution in [-0.4, -0.2) is 11.3 Å². The van der Waals surface area contributed by atoms with Crippen molar-refractivity contribution in [2.45, 2.75) is 75.5 Å². The molecule has 4 aromatic rings. The molecule has 2 aliphatic carbocycles. The SMILES string of the molecule is [Cl][Pd][Cl].c1ccc([PH+](c2ccccc2)C2CCCCC2)cc1.c1ccc([PH+](c2ccccc2)C2CCCCC2)cc1. The van der Waals surface area contributed by atoms with Crippen molar-refractivity contribution in [1.29, 1.82) is 0 Å². The van der Waals surface area contributed by atoms with Crippen molar-refractivity contribution in [2.24, 2.45) is 0 Å². The van der Waals surface area contributed by atoms with E-state index in [1.54, 1.807) is 21.2 Å². The van der Waals surface area contributed by atoms with Gasteiger partial charge in [0.15, 0.2) is 0 Å². The predicted molar refractivity (Wildman–Crippen MR) is 186 cm³/mol. The quantitative estimate of drug-likeness (QED) is 0.138. The second-order valence-electron chi connectivity index (χ2n) is 11.0. The minimum Gasteiger partial charge on any atom is -0.0620 e. The number of hydrogen-bond acceptors (Lipinski definition) is 0. The molecule has 0 N–H and O–H groups in total. The van der Waals surface area contributed by atoms with Crippen LogP contribution in [0.1, 0.15) is 64.2 Å². The second-order valence-corrected chi connectivity index (χ2v) is 19.0. The van der Waals surface area contributed by atoms with Gasteiger partial charge in [0.25, 0.3) is 0 Å². The average molecular weight is 716 g/mol. The number of benzene rings is 4. The monoisotopic (exact) mass is 714 g/mol. The van der Waals surface area contributed by atoms with Crippen LogP contribution < -0.4 is 21.2 Å². The number of hydrogen-bond donors (Lipinski definition) is 0. The molecular weight excluding hydrogens is 672 g/mol. The van der Waals surface area contributed by atoms with Crippen molar-refractivity contribution in [2.75, 3.05) is 0 Å². The maximum atomic E-state index is 4.81. The molecule has 0 amide bonds. The minimum atomic E-state index is -0.600. The van der Waals surface area contributed by atoms with Gasteiger partial charge in [0.2, 0.25) is 0 Å². The zero-order chi connectivity index (χ0) is 28.5. The van der Waals surface area contributed by atoms with E-state index < -0.39 is 15.8 Å². The zero-order valence-corrected chi connectivity index (χ0v) is 28.9. The fraction of sp³-hybridized carbons (Fsp3) is 0.333. The smallest absolute Gasteiger partial charge is 0.0620 e. The average Bonchev–Trinajstić information content (AvgIpc) is 3.05. The van der Waals surface area contributed by atoms with Gasteiger partial charge >= 0.3 is 35.0 Å². The molecule has 0 atom stereocenters. The Balaban J connectivity index is 0.000000173. The molecule has 2 fully saturated rings. The summed E-state index contributed by atoms with van der Waals surface area (Å²) in [6.07, 6.45) is 14.3. The molecule has 0 aliphatic heterocycles. The third-order valence-corrected chi connectivity index (χ3v) is 15.0. The zero-order valence-electron chi connectivity index (χ0n) is 23.8. The molecule has 0 heterocycles. The third kappa shape index (κ3) is 10.6. The Hall–Kier alpha value is -1.02. The van der Waals surface area contributed by atoms with Gasteiger partial charge in [0.05, 0.1) is 48.4 Å². The van der Waals surface area contributed by atoms with Gasteiger partial charge in [-0.1, -0.05) is 85.6 Å². The molecule has 0 unspecified atom stereocenters. The summed E-state index contributed by atoms with van der Waals surface area (Å²) in [5, 5.41) is 6.35. The van der Waals surface area contributed by atoms with Gasteiger partial charge in [0.1, 0.15) is 0 Å². The topological polar surface area (TPSA) is 0 Å². The van der Waals surface area contributed by atoms with Gasteiger partial charge in [-0.05, 0) is 99.9 Å². The van der Waals surface area contributed by atoms with Crippen molar-refractivity contribution in [3.05, 3.63) is 121 Å². The fourth-order valence-electron chi connectivity index (χ4n) is 6.53. The molecule has 0 radical (unpaired) electrons. The Bertz CT molecular complexity index is 1020.